The molecule has 2 aromatic carbocycles. The summed E-state index contributed by atoms with van der Waals surface area (Å²) >= 11 is 6.16. The molecule has 1 N–H and O–H groups in total. The fraction of sp³-hybridized carbons (Fsp3) is 0.118. The molecule has 0 atom stereocenters. The highest BCUT2D eigenvalue weighted by atomic mass is 35.5. The molecule has 2 rings (SSSR count). The van der Waals surface area contributed by atoms with Crippen molar-refractivity contribution in [2.75, 3.05) is 7.11 Å². The topological polar surface area (TPSA) is 38.3 Å². The molecule has 3 nitrogen and oxygen atoms in total. The van der Waals surface area contributed by atoms with Crippen LogP contribution in [0.15, 0.2) is 54.6 Å². The number of rotatable bonds is 5. The second-order valence-electron chi connectivity index (χ2n) is 4.40. The van der Waals surface area contributed by atoms with Crippen LogP contribution in [-0.2, 0) is 11.3 Å². The van der Waals surface area contributed by atoms with Crippen LogP contribution in [-0.4, -0.2) is 13.0 Å². The summed E-state index contributed by atoms with van der Waals surface area (Å²) in [5, 5.41) is 3.31. The van der Waals surface area contributed by atoms with Crippen molar-refractivity contribution in [1.29, 1.82) is 0 Å². The number of ether oxygens (including phenoxy) is 1. The minimum Gasteiger partial charge on any atom is -0.495 e. The van der Waals surface area contributed by atoms with Crippen molar-refractivity contribution in [3.63, 3.8) is 0 Å². The molecular weight excluding hydrogens is 286 g/mol. The van der Waals surface area contributed by atoms with Gasteiger partial charge in [0.1, 0.15) is 5.75 Å². The smallest absolute Gasteiger partial charge is 0.244 e. The van der Waals surface area contributed by atoms with Gasteiger partial charge in [0.2, 0.25) is 5.91 Å². The molecule has 0 heterocycles. The first-order valence-corrected chi connectivity index (χ1v) is 6.91. The number of methoxy groups -OCH3 is 1. The van der Waals surface area contributed by atoms with E-state index in [1.54, 1.807) is 19.3 Å². The van der Waals surface area contributed by atoms with Crippen LogP contribution in [0.4, 0.5) is 0 Å². The maximum atomic E-state index is 11.8. The zero-order chi connectivity index (χ0) is 15.1. The molecule has 108 valence electrons. The summed E-state index contributed by atoms with van der Waals surface area (Å²) in [5.41, 5.74) is 1.80. The van der Waals surface area contributed by atoms with Gasteiger partial charge in [-0.05, 0) is 23.3 Å². The summed E-state index contributed by atoms with van der Waals surface area (Å²) in [6.45, 7) is 0.496. The minimum absolute atomic E-state index is 0.169. The number of hydrogen-bond donors (Lipinski definition) is 1. The van der Waals surface area contributed by atoms with Gasteiger partial charge in [-0.2, -0.15) is 0 Å². The van der Waals surface area contributed by atoms with E-state index in [1.807, 2.05) is 42.5 Å². The second kappa shape index (κ2) is 7.50. The molecule has 0 aliphatic rings. The number of halogens is 1. The predicted octanol–water partition coefficient (Wildman–Crippen LogP) is 3.68. The highest BCUT2D eigenvalue weighted by Crippen LogP contribution is 2.28. The molecule has 0 saturated heterocycles. The lowest BCUT2D eigenvalue weighted by molar-refractivity contribution is -0.116. The molecule has 0 aromatic heterocycles. The van der Waals surface area contributed by atoms with Crippen LogP contribution >= 0.6 is 11.6 Å². The van der Waals surface area contributed by atoms with Crippen LogP contribution in [0.2, 0.25) is 5.02 Å². The summed E-state index contributed by atoms with van der Waals surface area (Å²) in [6.07, 6.45) is 3.13. The Bertz CT molecular complexity index is 638. The fourth-order valence-corrected chi connectivity index (χ4v) is 2.09. The van der Waals surface area contributed by atoms with E-state index in [9.17, 15) is 4.79 Å². The van der Waals surface area contributed by atoms with Crippen molar-refractivity contribution < 1.29 is 9.53 Å². The van der Waals surface area contributed by atoms with Crippen molar-refractivity contribution >= 4 is 23.6 Å². The number of carbonyl (C=O) groups excluding carboxylic acids is 1. The third-order valence-electron chi connectivity index (χ3n) is 2.94. The van der Waals surface area contributed by atoms with Crippen LogP contribution in [0.25, 0.3) is 6.08 Å². The van der Waals surface area contributed by atoms with Gasteiger partial charge in [-0.3, -0.25) is 4.79 Å². The van der Waals surface area contributed by atoms with Gasteiger partial charge < -0.3 is 10.1 Å². The molecule has 2 aromatic rings. The summed E-state index contributed by atoms with van der Waals surface area (Å²) in [5.74, 6) is 0.418. The molecule has 21 heavy (non-hydrogen) atoms. The quantitative estimate of drug-likeness (QED) is 0.856. The molecule has 0 radical (unpaired) electrons. The summed E-state index contributed by atoms with van der Waals surface area (Å²) in [7, 11) is 1.56. The van der Waals surface area contributed by atoms with Crippen LogP contribution in [0.5, 0.6) is 5.75 Å². The van der Waals surface area contributed by atoms with Crippen LogP contribution in [0.3, 0.4) is 0 Å². The Kier molecular flexibility index (Phi) is 5.41. The zero-order valence-corrected chi connectivity index (χ0v) is 12.4. The van der Waals surface area contributed by atoms with Crippen LogP contribution in [0.1, 0.15) is 11.1 Å². The largest absolute Gasteiger partial charge is 0.495 e. The number of benzene rings is 2. The van der Waals surface area contributed by atoms with E-state index in [2.05, 4.69) is 5.32 Å². The van der Waals surface area contributed by atoms with Gasteiger partial charge in [0.25, 0.3) is 0 Å². The monoisotopic (exact) mass is 301 g/mol. The molecule has 0 aliphatic heterocycles. The Labute approximate surface area is 129 Å². The molecule has 0 bridgehead atoms. The Hall–Kier alpha value is -2.26. The number of hydrogen-bond acceptors (Lipinski definition) is 2. The molecule has 0 aliphatic carbocycles. The Morgan fingerprint density at radius 2 is 1.95 bits per heavy atom. The van der Waals surface area contributed by atoms with Gasteiger partial charge in [0.15, 0.2) is 0 Å². The number of carbonyl (C=O) groups is 1. The molecule has 1 amide bonds. The van der Waals surface area contributed by atoms with Gasteiger partial charge >= 0.3 is 0 Å². The van der Waals surface area contributed by atoms with Gasteiger partial charge in [0, 0.05) is 12.6 Å². The molecule has 0 unspecified atom stereocenters. The molecular formula is C17H16ClNO2. The highest BCUT2D eigenvalue weighted by Gasteiger charge is 2.04. The van der Waals surface area contributed by atoms with Crippen molar-refractivity contribution in [2.45, 2.75) is 6.54 Å². The number of amides is 1. The lowest BCUT2D eigenvalue weighted by atomic mass is 10.2. The Morgan fingerprint density at radius 3 is 2.67 bits per heavy atom. The lowest BCUT2D eigenvalue weighted by Crippen LogP contribution is -2.20. The first-order valence-electron chi connectivity index (χ1n) is 6.53. The predicted molar refractivity (Wildman–Crippen MR) is 85.3 cm³/mol. The highest BCUT2D eigenvalue weighted by molar-refractivity contribution is 6.33. The van der Waals surface area contributed by atoms with E-state index in [0.717, 1.165) is 11.1 Å². The summed E-state index contributed by atoms with van der Waals surface area (Å²) in [4.78, 5) is 11.8. The van der Waals surface area contributed by atoms with Gasteiger partial charge in [-0.25, -0.2) is 0 Å². The molecule has 0 fully saturated rings. The maximum Gasteiger partial charge on any atom is 0.244 e. The first-order chi connectivity index (χ1) is 10.2. The average Bonchev–Trinajstić information content (AvgIpc) is 2.53. The fourth-order valence-electron chi connectivity index (χ4n) is 1.82. The standard InChI is InChI=1S/C17H16ClNO2/c1-21-15-9-5-8-14(17(15)18)10-11-16(20)19-12-13-6-3-2-4-7-13/h2-11H,12H2,1H3,(H,19,20)/b11-10+. The second-order valence-corrected chi connectivity index (χ2v) is 4.78. The summed E-state index contributed by atoms with van der Waals surface area (Å²) in [6, 6.07) is 15.2. The third kappa shape index (κ3) is 4.36. The Balaban J connectivity index is 1.96. The zero-order valence-electron chi connectivity index (χ0n) is 11.7. The van der Waals surface area contributed by atoms with Gasteiger partial charge in [-0.15, -0.1) is 0 Å². The van der Waals surface area contributed by atoms with E-state index in [-0.39, 0.29) is 5.91 Å². The molecule has 0 spiro atoms. The number of nitrogens with one attached hydrogen (secondary N) is 1. The van der Waals surface area contributed by atoms with E-state index in [4.69, 9.17) is 16.3 Å². The third-order valence-corrected chi connectivity index (χ3v) is 3.34. The maximum absolute atomic E-state index is 11.8. The Morgan fingerprint density at radius 1 is 1.19 bits per heavy atom. The minimum atomic E-state index is -0.169. The van der Waals surface area contributed by atoms with E-state index >= 15 is 0 Å². The molecule has 4 heteroatoms. The van der Waals surface area contributed by atoms with E-state index < -0.39 is 0 Å². The van der Waals surface area contributed by atoms with Crippen molar-refractivity contribution in [3.05, 3.63) is 70.8 Å². The van der Waals surface area contributed by atoms with Crippen LogP contribution in [0, 0.1) is 0 Å². The van der Waals surface area contributed by atoms with Crippen molar-refractivity contribution in [1.82, 2.24) is 5.32 Å². The SMILES string of the molecule is COc1cccc(/C=C/C(=O)NCc2ccccc2)c1Cl. The van der Waals surface area contributed by atoms with Gasteiger partial charge in [0.05, 0.1) is 12.1 Å². The first kappa shape index (κ1) is 15.1. The van der Waals surface area contributed by atoms with E-state index in [0.29, 0.717) is 17.3 Å². The van der Waals surface area contributed by atoms with Gasteiger partial charge in [-0.1, -0.05) is 54.1 Å². The molecule has 0 saturated carbocycles. The summed E-state index contributed by atoms with van der Waals surface area (Å²) < 4.78 is 5.13. The van der Waals surface area contributed by atoms with E-state index in [1.165, 1.54) is 6.08 Å². The van der Waals surface area contributed by atoms with Crippen molar-refractivity contribution in [3.8, 4) is 5.75 Å². The van der Waals surface area contributed by atoms with Crippen LogP contribution < -0.4 is 10.1 Å². The van der Waals surface area contributed by atoms with Crippen molar-refractivity contribution in [2.24, 2.45) is 0 Å². The normalized spacial score (nSPS) is 10.6. The lowest BCUT2D eigenvalue weighted by Gasteiger charge is -2.05. The average molecular weight is 302 g/mol.